The molecule has 0 saturated heterocycles. The monoisotopic (exact) mass is 225 g/mol. The molecule has 0 aliphatic heterocycles. The smallest absolute Gasteiger partial charge is 0.271 e. The fourth-order valence-corrected chi connectivity index (χ4v) is 1.08. The van der Waals surface area contributed by atoms with Gasteiger partial charge in [-0.25, -0.2) is 4.98 Å². The van der Waals surface area contributed by atoms with Crippen LogP contribution in [0.15, 0.2) is 17.2 Å². The van der Waals surface area contributed by atoms with Crippen molar-refractivity contribution in [2.75, 3.05) is 19.8 Å². The quantitative estimate of drug-likeness (QED) is 0.663. The first-order valence-electron chi connectivity index (χ1n) is 5.14. The molecule has 0 atom stereocenters. The van der Waals surface area contributed by atoms with Crippen molar-refractivity contribution >= 4 is 5.91 Å². The molecule has 0 bridgehead atoms. The van der Waals surface area contributed by atoms with Gasteiger partial charge in [0.05, 0.1) is 6.20 Å². The summed E-state index contributed by atoms with van der Waals surface area (Å²) in [6.07, 6.45) is 3.12. The molecular weight excluding hydrogens is 210 g/mol. The number of aromatic amines is 1. The van der Waals surface area contributed by atoms with Crippen molar-refractivity contribution in [2.24, 2.45) is 0 Å². The number of hydrogen-bond donors (Lipinski definition) is 2. The Labute approximate surface area is 93.0 Å². The van der Waals surface area contributed by atoms with E-state index in [4.69, 9.17) is 4.74 Å². The van der Waals surface area contributed by atoms with Crippen molar-refractivity contribution < 1.29 is 9.53 Å². The van der Waals surface area contributed by atoms with E-state index < -0.39 is 0 Å². The highest BCUT2D eigenvalue weighted by atomic mass is 16.5. The third kappa shape index (κ3) is 4.22. The number of carbonyl (C=O) groups excluding carboxylic acids is 1. The van der Waals surface area contributed by atoms with Crippen LogP contribution in [-0.4, -0.2) is 35.6 Å². The lowest BCUT2D eigenvalue weighted by molar-refractivity contribution is 0.0939. The van der Waals surface area contributed by atoms with Crippen molar-refractivity contribution in [1.29, 1.82) is 0 Å². The van der Waals surface area contributed by atoms with Crippen molar-refractivity contribution in [3.8, 4) is 0 Å². The van der Waals surface area contributed by atoms with Crippen LogP contribution in [0.25, 0.3) is 0 Å². The minimum absolute atomic E-state index is 0.205. The van der Waals surface area contributed by atoms with Gasteiger partial charge in [-0.3, -0.25) is 9.59 Å². The number of aromatic nitrogens is 2. The fourth-order valence-electron chi connectivity index (χ4n) is 1.08. The van der Waals surface area contributed by atoms with E-state index in [-0.39, 0.29) is 17.2 Å². The predicted octanol–water partition coefficient (Wildman–Crippen LogP) is -0.0737. The van der Waals surface area contributed by atoms with Gasteiger partial charge in [-0.15, -0.1) is 0 Å². The van der Waals surface area contributed by atoms with Gasteiger partial charge in [-0.05, 0) is 13.3 Å². The Morgan fingerprint density at radius 2 is 2.44 bits per heavy atom. The van der Waals surface area contributed by atoms with Gasteiger partial charge >= 0.3 is 0 Å². The molecule has 1 amide bonds. The van der Waals surface area contributed by atoms with Crippen molar-refractivity contribution in [3.63, 3.8) is 0 Å². The van der Waals surface area contributed by atoms with E-state index in [1.165, 1.54) is 6.20 Å². The molecule has 6 nitrogen and oxygen atoms in total. The van der Waals surface area contributed by atoms with Gasteiger partial charge < -0.3 is 15.0 Å². The van der Waals surface area contributed by atoms with Gasteiger partial charge in [0, 0.05) is 26.0 Å². The van der Waals surface area contributed by atoms with Crippen molar-refractivity contribution in [3.05, 3.63) is 28.4 Å². The summed E-state index contributed by atoms with van der Waals surface area (Å²) in [5.74, 6) is -0.298. The van der Waals surface area contributed by atoms with Crippen molar-refractivity contribution in [1.82, 2.24) is 15.3 Å². The third-order valence-electron chi connectivity index (χ3n) is 1.86. The number of ether oxygens (including phenoxy) is 1. The van der Waals surface area contributed by atoms with E-state index in [1.807, 2.05) is 6.92 Å². The Hall–Kier alpha value is -1.69. The molecule has 0 radical (unpaired) electrons. The van der Waals surface area contributed by atoms with E-state index >= 15 is 0 Å². The molecule has 0 aliphatic carbocycles. The summed E-state index contributed by atoms with van der Waals surface area (Å²) < 4.78 is 5.12. The van der Waals surface area contributed by atoms with Crippen LogP contribution in [0, 0.1) is 0 Å². The summed E-state index contributed by atoms with van der Waals surface area (Å²) in [7, 11) is 0. The Morgan fingerprint density at radius 1 is 1.62 bits per heavy atom. The van der Waals surface area contributed by atoms with Gasteiger partial charge in [0.1, 0.15) is 5.69 Å². The lowest BCUT2D eigenvalue weighted by atomic mass is 10.4. The van der Waals surface area contributed by atoms with Crippen molar-refractivity contribution in [2.45, 2.75) is 13.3 Å². The van der Waals surface area contributed by atoms with E-state index in [0.29, 0.717) is 19.8 Å². The molecule has 0 aliphatic rings. The SMILES string of the molecule is CCOCCCNC(=O)c1c[nH]c(=O)cn1. The summed E-state index contributed by atoms with van der Waals surface area (Å²) in [6.45, 7) is 3.74. The largest absolute Gasteiger partial charge is 0.382 e. The van der Waals surface area contributed by atoms with E-state index in [2.05, 4.69) is 15.3 Å². The topological polar surface area (TPSA) is 84.1 Å². The highest BCUT2D eigenvalue weighted by Gasteiger charge is 2.05. The number of rotatable bonds is 6. The second-order valence-electron chi connectivity index (χ2n) is 3.10. The summed E-state index contributed by atoms with van der Waals surface area (Å²) >= 11 is 0. The molecule has 0 unspecified atom stereocenters. The standard InChI is InChI=1S/C10H15N3O3/c1-2-16-5-3-4-11-10(15)8-6-13-9(14)7-12-8/h6-7H,2-5H2,1H3,(H,11,15)(H,13,14). The molecule has 6 heteroatoms. The van der Waals surface area contributed by atoms with Gasteiger partial charge in [-0.2, -0.15) is 0 Å². The summed E-state index contributed by atoms with van der Waals surface area (Å²) in [6, 6.07) is 0. The maximum absolute atomic E-state index is 11.5. The van der Waals surface area contributed by atoms with E-state index in [1.54, 1.807) is 0 Å². The number of H-pyrrole nitrogens is 1. The van der Waals surface area contributed by atoms with Crippen LogP contribution < -0.4 is 10.9 Å². The molecule has 2 N–H and O–H groups in total. The summed E-state index contributed by atoms with van der Waals surface area (Å²) in [5.41, 5.74) is -0.121. The molecule has 0 spiro atoms. The first kappa shape index (κ1) is 12.4. The number of hydrogen-bond acceptors (Lipinski definition) is 4. The van der Waals surface area contributed by atoms with E-state index in [9.17, 15) is 9.59 Å². The highest BCUT2D eigenvalue weighted by molar-refractivity contribution is 5.91. The first-order valence-corrected chi connectivity index (χ1v) is 5.14. The Balaban J connectivity index is 2.30. The molecule has 16 heavy (non-hydrogen) atoms. The predicted molar refractivity (Wildman–Crippen MR) is 58.3 cm³/mol. The minimum Gasteiger partial charge on any atom is -0.382 e. The third-order valence-corrected chi connectivity index (χ3v) is 1.86. The average molecular weight is 225 g/mol. The number of amides is 1. The average Bonchev–Trinajstić information content (AvgIpc) is 2.29. The Morgan fingerprint density at radius 3 is 3.06 bits per heavy atom. The second-order valence-corrected chi connectivity index (χ2v) is 3.10. The molecule has 0 aromatic carbocycles. The molecule has 0 saturated carbocycles. The van der Waals surface area contributed by atoms with Crippen LogP contribution in [-0.2, 0) is 4.74 Å². The van der Waals surface area contributed by atoms with Crippen LogP contribution in [0.5, 0.6) is 0 Å². The molecule has 88 valence electrons. The molecule has 1 aromatic heterocycles. The Kier molecular flexibility index (Phi) is 5.21. The number of carbonyl (C=O) groups is 1. The lowest BCUT2D eigenvalue weighted by Crippen LogP contribution is -2.27. The van der Waals surface area contributed by atoms with Crippen LogP contribution in [0.4, 0.5) is 0 Å². The van der Waals surface area contributed by atoms with Gasteiger partial charge in [0.2, 0.25) is 0 Å². The molecule has 1 aromatic rings. The molecule has 1 heterocycles. The first-order chi connectivity index (χ1) is 7.74. The van der Waals surface area contributed by atoms with Gasteiger partial charge in [0.25, 0.3) is 11.5 Å². The van der Waals surface area contributed by atoms with Gasteiger partial charge in [0.15, 0.2) is 0 Å². The van der Waals surface area contributed by atoms with Crippen LogP contribution >= 0.6 is 0 Å². The summed E-state index contributed by atoms with van der Waals surface area (Å²) in [4.78, 5) is 28.3. The second kappa shape index (κ2) is 6.73. The van der Waals surface area contributed by atoms with Crippen LogP contribution in [0.1, 0.15) is 23.8 Å². The Bertz CT molecular complexity index is 369. The van der Waals surface area contributed by atoms with E-state index in [0.717, 1.165) is 12.6 Å². The number of nitrogens with one attached hydrogen (secondary N) is 2. The minimum atomic E-state index is -0.326. The van der Waals surface area contributed by atoms with Gasteiger partial charge in [-0.1, -0.05) is 0 Å². The number of nitrogens with zero attached hydrogens (tertiary/aromatic N) is 1. The fraction of sp³-hybridized carbons (Fsp3) is 0.500. The van der Waals surface area contributed by atoms with Crippen LogP contribution in [0.3, 0.4) is 0 Å². The zero-order valence-corrected chi connectivity index (χ0v) is 9.16. The molecule has 0 fully saturated rings. The zero-order valence-electron chi connectivity index (χ0n) is 9.16. The normalized spacial score (nSPS) is 10.1. The highest BCUT2D eigenvalue weighted by Crippen LogP contribution is 1.88. The summed E-state index contributed by atoms with van der Waals surface area (Å²) in [5, 5.41) is 2.67. The maximum atomic E-state index is 11.5. The maximum Gasteiger partial charge on any atom is 0.271 e. The zero-order chi connectivity index (χ0) is 11.8. The lowest BCUT2D eigenvalue weighted by Gasteiger charge is -2.04. The molecular formula is C10H15N3O3. The molecule has 1 rings (SSSR count). The van der Waals surface area contributed by atoms with Crippen LogP contribution in [0.2, 0.25) is 0 Å².